The van der Waals surface area contributed by atoms with E-state index in [2.05, 4.69) is 117 Å². The number of para-hydroxylation sites is 1. The molecular formula is C47H32N4. The van der Waals surface area contributed by atoms with Gasteiger partial charge in [0.05, 0.1) is 34.2 Å². The zero-order valence-corrected chi connectivity index (χ0v) is 28.3. The van der Waals surface area contributed by atoms with Crippen LogP contribution in [0.25, 0.3) is 78.3 Å². The molecule has 8 aromatic rings. The number of rotatable bonds is 5. The number of nitriles is 1. The van der Waals surface area contributed by atoms with E-state index in [0.29, 0.717) is 11.4 Å². The molecule has 0 radical (unpaired) electrons. The van der Waals surface area contributed by atoms with Crippen molar-refractivity contribution in [3.05, 3.63) is 174 Å². The number of fused-ring (bicyclic) bond motifs is 4. The summed E-state index contributed by atoms with van der Waals surface area (Å²) in [5, 5.41) is 10.8. The molecule has 0 saturated heterocycles. The third-order valence-corrected chi connectivity index (χ3v) is 10.1. The van der Waals surface area contributed by atoms with Crippen LogP contribution in [0.1, 0.15) is 30.5 Å². The third kappa shape index (κ3) is 5.37. The molecule has 0 atom stereocenters. The van der Waals surface area contributed by atoms with Gasteiger partial charge in [-0.25, -0.2) is 15.0 Å². The molecule has 2 heterocycles. The average molecular weight is 653 g/mol. The summed E-state index contributed by atoms with van der Waals surface area (Å²) in [6.45, 7) is 4.50. The van der Waals surface area contributed by atoms with Crippen molar-refractivity contribution in [3.8, 4) is 73.5 Å². The number of nitrogens with zero attached hydrogens (tertiary/aromatic N) is 4. The van der Waals surface area contributed by atoms with Crippen LogP contribution in [0.3, 0.4) is 0 Å². The minimum Gasteiger partial charge on any atom is -0.248 e. The van der Waals surface area contributed by atoms with Gasteiger partial charge in [0.2, 0.25) is 0 Å². The second kappa shape index (κ2) is 12.0. The van der Waals surface area contributed by atoms with Crippen molar-refractivity contribution in [2.24, 2.45) is 0 Å². The lowest BCUT2D eigenvalue weighted by Gasteiger charge is -2.22. The molecule has 2 aromatic heterocycles. The molecule has 0 bridgehead atoms. The Kier molecular flexibility index (Phi) is 7.15. The summed E-state index contributed by atoms with van der Waals surface area (Å²) in [7, 11) is 0. The van der Waals surface area contributed by atoms with Crippen LogP contribution in [0.15, 0.2) is 158 Å². The first kappa shape index (κ1) is 30.4. The molecule has 4 heteroatoms. The summed E-state index contributed by atoms with van der Waals surface area (Å²) in [6.07, 6.45) is 0. The fourth-order valence-electron chi connectivity index (χ4n) is 7.37. The number of benzene rings is 6. The first-order chi connectivity index (χ1) is 24.9. The Morgan fingerprint density at radius 1 is 0.451 bits per heavy atom. The maximum absolute atomic E-state index is 9.65. The number of hydrogen-bond donors (Lipinski definition) is 0. The maximum atomic E-state index is 9.65. The van der Waals surface area contributed by atoms with E-state index in [4.69, 9.17) is 15.0 Å². The summed E-state index contributed by atoms with van der Waals surface area (Å²) in [4.78, 5) is 15.3. The molecule has 1 aliphatic rings. The molecule has 0 amide bonds. The molecule has 1 aliphatic carbocycles. The van der Waals surface area contributed by atoms with Gasteiger partial charge < -0.3 is 0 Å². The SMILES string of the molecule is CC1(C)c2cc(C#N)ccc2-c2ccc(-c3cc(-c4cc(-c5ccccc5)nc(-c5ccccc5)n4)cc(-c4ccc5ccccc5n4)c3)cc21. The van der Waals surface area contributed by atoms with E-state index >= 15 is 0 Å². The molecule has 0 spiro atoms. The summed E-state index contributed by atoms with van der Waals surface area (Å²) in [5.41, 5.74) is 15.0. The van der Waals surface area contributed by atoms with Gasteiger partial charge in [0.25, 0.3) is 0 Å². The van der Waals surface area contributed by atoms with Gasteiger partial charge in [-0.05, 0) is 88.0 Å². The smallest absolute Gasteiger partial charge is 0.160 e. The molecule has 4 nitrogen and oxygen atoms in total. The van der Waals surface area contributed by atoms with E-state index in [9.17, 15) is 5.26 Å². The Morgan fingerprint density at radius 2 is 1.06 bits per heavy atom. The summed E-state index contributed by atoms with van der Waals surface area (Å²) in [5.74, 6) is 0.677. The van der Waals surface area contributed by atoms with Gasteiger partial charge in [0, 0.05) is 33.1 Å². The van der Waals surface area contributed by atoms with Crippen molar-refractivity contribution in [1.29, 1.82) is 5.26 Å². The van der Waals surface area contributed by atoms with Gasteiger partial charge in [-0.1, -0.05) is 117 Å². The zero-order valence-electron chi connectivity index (χ0n) is 28.3. The van der Waals surface area contributed by atoms with E-state index in [0.717, 1.165) is 61.4 Å². The normalized spacial score (nSPS) is 12.6. The lowest BCUT2D eigenvalue weighted by Crippen LogP contribution is -2.15. The topological polar surface area (TPSA) is 62.5 Å². The third-order valence-electron chi connectivity index (χ3n) is 10.1. The minimum atomic E-state index is -0.254. The Balaban J connectivity index is 1.25. The second-order valence-electron chi connectivity index (χ2n) is 13.6. The van der Waals surface area contributed by atoms with Crippen molar-refractivity contribution in [2.45, 2.75) is 19.3 Å². The number of pyridine rings is 1. The zero-order chi connectivity index (χ0) is 34.5. The molecule has 0 saturated carbocycles. The van der Waals surface area contributed by atoms with Gasteiger partial charge in [-0.2, -0.15) is 5.26 Å². The van der Waals surface area contributed by atoms with E-state index in [1.807, 2.05) is 60.7 Å². The van der Waals surface area contributed by atoms with Gasteiger partial charge in [-0.3, -0.25) is 0 Å². The van der Waals surface area contributed by atoms with Crippen LogP contribution in [0, 0.1) is 11.3 Å². The summed E-state index contributed by atoms with van der Waals surface area (Å²) in [6, 6.07) is 56.8. The first-order valence-corrected chi connectivity index (χ1v) is 17.2. The Labute approximate surface area is 297 Å². The highest BCUT2D eigenvalue weighted by molar-refractivity contribution is 5.88. The molecule has 0 N–H and O–H groups in total. The van der Waals surface area contributed by atoms with Crippen LogP contribution in [0.2, 0.25) is 0 Å². The van der Waals surface area contributed by atoms with E-state index in [1.54, 1.807) is 0 Å². The van der Waals surface area contributed by atoms with Gasteiger partial charge in [0.15, 0.2) is 5.82 Å². The molecule has 0 unspecified atom stereocenters. The molecule has 9 rings (SSSR count). The number of aromatic nitrogens is 3. The van der Waals surface area contributed by atoms with Crippen LogP contribution >= 0.6 is 0 Å². The van der Waals surface area contributed by atoms with E-state index < -0.39 is 0 Å². The monoisotopic (exact) mass is 652 g/mol. The summed E-state index contributed by atoms with van der Waals surface area (Å²) < 4.78 is 0. The quantitative estimate of drug-likeness (QED) is 0.186. The lowest BCUT2D eigenvalue weighted by molar-refractivity contribution is 0.660. The summed E-state index contributed by atoms with van der Waals surface area (Å²) >= 11 is 0. The standard InChI is InChI=1S/C47H32N4/c1-47(2)40-23-30(29-48)17-20-38(40)39-21-18-34(27-41(39)47)35-24-36(43-22-19-32-13-9-10-16-42(32)49-43)26-37(25-35)45-28-44(31-11-5-3-6-12-31)50-46(51-45)33-14-7-4-8-15-33/h3-28H,1-2H3. The number of hydrogen-bond acceptors (Lipinski definition) is 4. The largest absolute Gasteiger partial charge is 0.248 e. The van der Waals surface area contributed by atoms with Gasteiger partial charge in [0.1, 0.15) is 0 Å². The van der Waals surface area contributed by atoms with Gasteiger partial charge >= 0.3 is 0 Å². The van der Waals surface area contributed by atoms with Crippen LogP contribution in [0.5, 0.6) is 0 Å². The first-order valence-electron chi connectivity index (χ1n) is 17.2. The van der Waals surface area contributed by atoms with E-state index in [-0.39, 0.29) is 5.41 Å². The molecular weight excluding hydrogens is 621 g/mol. The van der Waals surface area contributed by atoms with Crippen molar-refractivity contribution in [1.82, 2.24) is 15.0 Å². The van der Waals surface area contributed by atoms with Gasteiger partial charge in [-0.15, -0.1) is 0 Å². The highest BCUT2D eigenvalue weighted by Gasteiger charge is 2.36. The average Bonchev–Trinajstić information content (AvgIpc) is 3.42. The molecule has 51 heavy (non-hydrogen) atoms. The predicted molar refractivity (Wildman–Crippen MR) is 207 cm³/mol. The highest BCUT2D eigenvalue weighted by atomic mass is 14.9. The predicted octanol–water partition coefficient (Wildman–Crippen LogP) is 11.5. The molecule has 0 fully saturated rings. The molecule has 6 aromatic carbocycles. The van der Waals surface area contributed by atoms with E-state index in [1.165, 1.54) is 22.3 Å². The minimum absolute atomic E-state index is 0.254. The van der Waals surface area contributed by atoms with Crippen molar-refractivity contribution >= 4 is 10.9 Å². The van der Waals surface area contributed by atoms with Crippen LogP contribution < -0.4 is 0 Å². The van der Waals surface area contributed by atoms with Crippen LogP contribution in [0.4, 0.5) is 0 Å². The van der Waals surface area contributed by atoms with Crippen molar-refractivity contribution < 1.29 is 0 Å². The van der Waals surface area contributed by atoms with Crippen LogP contribution in [-0.4, -0.2) is 15.0 Å². The van der Waals surface area contributed by atoms with Crippen molar-refractivity contribution in [2.75, 3.05) is 0 Å². The fraction of sp³-hybridized carbons (Fsp3) is 0.0638. The maximum Gasteiger partial charge on any atom is 0.160 e. The van der Waals surface area contributed by atoms with Crippen molar-refractivity contribution in [3.63, 3.8) is 0 Å². The highest BCUT2D eigenvalue weighted by Crippen LogP contribution is 2.50. The van der Waals surface area contributed by atoms with Crippen LogP contribution in [-0.2, 0) is 5.41 Å². The molecule has 240 valence electrons. The Morgan fingerprint density at radius 3 is 1.80 bits per heavy atom. The lowest BCUT2D eigenvalue weighted by atomic mass is 9.81. The Hall–Kier alpha value is -6.70. The Bertz CT molecular complexity index is 2610. The second-order valence-corrected chi connectivity index (χ2v) is 13.6. The molecule has 0 aliphatic heterocycles. The fourth-order valence-corrected chi connectivity index (χ4v) is 7.37.